The number of aryl methyl sites for hydroxylation is 2. The van der Waals surface area contributed by atoms with Crippen LogP contribution in [0.4, 0.5) is 14.9 Å². The summed E-state index contributed by atoms with van der Waals surface area (Å²) >= 11 is 0. The van der Waals surface area contributed by atoms with Gasteiger partial charge < -0.3 is 15.2 Å². The summed E-state index contributed by atoms with van der Waals surface area (Å²) in [7, 11) is 0. The molecular weight excluding hydrogens is 505 g/mol. The lowest BCUT2D eigenvalue weighted by Gasteiger charge is -2.26. The average Bonchev–Trinajstić information content (AvgIpc) is 3.02. The summed E-state index contributed by atoms with van der Waals surface area (Å²) in [6.45, 7) is 5.58. The number of anilines is 1. The zero-order chi connectivity index (χ0) is 28.4. The van der Waals surface area contributed by atoms with Gasteiger partial charge in [0.15, 0.2) is 5.82 Å². The molecule has 0 saturated heterocycles. The largest absolute Gasteiger partial charge is 0.481 e. The predicted molar refractivity (Wildman–Crippen MR) is 144 cm³/mol. The van der Waals surface area contributed by atoms with Crippen LogP contribution in [0.3, 0.4) is 0 Å². The van der Waals surface area contributed by atoms with E-state index >= 15 is 0 Å². The van der Waals surface area contributed by atoms with Crippen molar-refractivity contribution in [2.24, 2.45) is 4.99 Å². The second kappa shape index (κ2) is 13.7. The van der Waals surface area contributed by atoms with E-state index in [0.29, 0.717) is 11.4 Å². The normalized spacial score (nSPS) is 13.2. The fourth-order valence-electron chi connectivity index (χ4n) is 3.41. The first-order valence-electron chi connectivity index (χ1n) is 12.2. The van der Waals surface area contributed by atoms with Gasteiger partial charge >= 0.3 is 12.0 Å². The van der Waals surface area contributed by atoms with E-state index in [1.807, 2.05) is 0 Å². The van der Waals surface area contributed by atoms with Crippen molar-refractivity contribution in [3.63, 3.8) is 0 Å². The van der Waals surface area contributed by atoms with Crippen molar-refractivity contribution in [1.29, 1.82) is 0 Å². The monoisotopic (exact) mass is 535 g/mol. The van der Waals surface area contributed by atoms with Crippen molar-refractivity contribution in [3.05, 3.63) is 83.8 Å². The van der Waals surface area contributed by atoms with Crippen LogP contribution in [0.1, 0.15) is 24.5 Å². The number of pyridine rings is 1. The fraction of sp³-hybridized carbons (Fsp3) is 0.250. The van der Waals surface area contributed by atoms with Crippen LogP contribution in [0, 0.1) is 19.7 Å². The van der Waals surface area contributed by atoms with E-state index in [0.717, 1.165) is 4.90 Å². The number of carbonyl (C=O) groups excluding carboxylic acids is 2. The number of halogens is 1. The Morgan fingerprint density at radius 1 is 1.03 bits per heavy atom. The number of hydrogen-bond acceptors (Lipinski definition) is 7. The molecule has 3 aromatic rings. The molecule has 0 fully saturated rings. The van der Waals surface area contributed by atoms with Gasteiger partial charge in [0.2, 0.25) is 5.96 Å². The molecule has 4 rings (SSSR count). The molecule has 1 aliphatic heterocycles. The number of aliphatic carboxylic acids is 1. The molecule has 0 bridgehead atoms. The number of urea groups is 1. The Balaban J connectivity index is 0.000000449. The summed E-state index contributed by atoms with van der Waals surface area (Å²) < 4.78 is 19.1. The Bertz CT molecular complexity index is 1310. The number of carbonyl (C=O) groups is 3. The van der Waals surface area contributed by atoms with Gasteiger partial charge in [-0.15, -0.1) is 0 Å². The third-order valence-corrected chi connectivity index (χ3v) is 5.52. The van der Waals surface area contributed by atoms with E-state index in [9.17, 15) is 18.8 Å². The molecule has 0 radical (unpaired) electrons. The molecule has 2 N–H and O–H groups in total. The molecule has 3 amide bonds. The first-order chi connectivity index (χ1) is 18.7. The number of ether oxygens (including phenoxy) is 1. The number of amides is 3. The highest BCUT2D eigenvalue weighted by molar-refractivity contribution is 6.10. The number of carboxylic acids is 1. The highest BCUT2D eigenvalue weighted by Crippen LogP contribution is 2.23. The molecular formula is C28H30FN5O5. The highest BCUT2D eigenvalue weighted by Gasteiger charge is 2.31. The zero-order valence-electron chi connectivity index (χ0n) is 21.9. The maximum Gasteiger partial charge on any atom is 0.333 e. The van der Waals surface area contributed by atoms with Gasteiger partial charge in [0.05, 0.1) is 6.42 Å². The van der Waals surface area contributed by atoms with Gasteiger partial charge in [0.1, 0.15) is 12.3 Å². The van der Waals surface area contributed by atoms with Crippen molar-refractivity contribution < 1.29 is 28.6 Å². The van der Waals surface area contributed by atoms with Crippen molar-refractivity contribution >= 4 is 29.6 Å². The minimum Gasteiger partial charge on any atom is -0.481 e. The maximum absolute atomic E-state index is 13.7. The molecule has 2 aromatic carbocycles. The van der Waals surface area contributed by atoms with Crippen LogP contribution in [0.15, 0.2) is 71.9 Å². The van der Waals surface area contributed by atoms with E-state index in [4.69, 9.17) is 9.84 Å². The maximum atomic E-state index is 13.7. The molecule has 1 aliphatic rings. The molecule has 0 atom stereocenters. The molecule has 2 heterocycles. The third-order valence-electron chi connectivity index (χ3n) is 5.52. The van der Waals surface area contributed by atoms with E-state index in [2.05, 4.69) is 53.4 Å². The van der Waals surface area contributed by atoms with Gasteiger partial charge in [-0.2, -0.15) is 0 Å². The Morgan fingerprint density at radius 2 is 1.67 bits per heavy atom. The van der Waals surface area contributed by atoms with Crippen LogP contribution in [0.5, 0.6) is 11.6 Å². The summed E-state index contributed by atoms with van der Waals surface area (Å²) in [6.07, 6.45) is 1.06. The number of carboxylic acid groups (broad SMARTS) is 1. The molecule has 39 heavy (non-hydrogen) atoms. The van der Waals surface area contributed by atoms with Crippen LogP contribution < -0.4 is 10.1 Å². The quantitative estimate of drug-likeness (QED) is 0.443. The van der Waals surface area contributed by atoms with E-state index in [1.54, 1.807) is 31.2 Å². The number of nitrogens with one attached hydrogen (secondary N) is 1. The second-order valence-electron chi connectivity index (χ2n) is 8.55. The topological polar surface area (TPSA) is 124 Å². The Kier molecular flexibility index (Phi) is 10.1. The zero-order valence-corrected chi connectivity index (χ0v) is 21.9. The Labute approximate surface area is 225 Å². The number of nitrogens with zero attached hydrogens (tertiary/aromatic N) is 4. The third kappa shape index (κ3) is 8.35. The number of guanidine groups is 1. The lowest BCUT2D eigenvalue weighted by Crippen LogP contribution is -2.49. The van der Waals surface area contributed by atoms with Gasteiger partial charge in [-0.05, 0) is 57.2 Å². The van der Waals surface area contributed by atoms with Crippen molar-refractivity contribution in [3.8, 4) is 11.6 Å². The molecule has 0 unspecified atom stereocenters. The standard InChI is InChI=1S/C20H20FN5O5.C8H10/c1-2-25-19(23-12-16(27)26(20(25)30)11-9-17(28)29)24-13-5-7-14(8-6-13)31-18-15(21)4-3-10-22-18;1-7-3-5-8(2)6-4-7/h3-8,10H,2,9,11-12H2,1H3,(H,23,24)(H,28,29);3-6H,1-2H3. The second-order valence-corrected chi connectivity index (χ2v) is 8.55. The molecule has 204 valence electrons. The van der Waals surface area contributed by atoms with Crippen LogP contribution in [-0.4, -0.2) is 63.4 Å². The smallest absolute Gasteiger partial charge is 0.333 e. The van der Waals surface area contributed by atoms with E-state index in [-0.39, 0.29) is 37.9 Å². The van der Waals surface area contributed by atoms with Crippen molar-refractivity contribution in [2.45, 2.75) is 27.2 Å². The van der Waals surface area contributed by atoms with Gasteiger partial charge in [-0.3, -0.25) is 19.4 Å². The highest BCUT2D eigenvalue weighted by atomic mass is 19.1. The molecule has 0 spiro atoms. The van der Waals surface area contributed by atoms with Crippen LogP contribution in [0.25, 0.3) is 0 Å². The van der Waals surface area contributed by atoms with Gasteiger partial charge in [-0.25, -0.2) is 19.2 Å². The Morgan fingerprint density at radius 3 is 2.23 bits per heavy atom. The van der Waals surface area contributed by atoms with Gasteiger partial charge in [0.25, 0.3) is 11.8 Å². The number of rotatable bonds is 7. The fourth-order valence-corrected chi connectivity index (χ4v) is 3.41. The first-order valence-corrected chi connectivity index (χ1v) is 12.2. The number of hydrogen-bond donors (Lipinski definition) is 2. The number of aliphatic imine (C=N–C) groups is 1. The van der Waals surface area contributed by atoms with Gasteiger partial charge in [-0.1, -0.05) is 35.4 Å². The summed E-state index contributed by atoms with van der Waals surface area (Å²) in [5.41, 5.74) is 3.21. The molecule has 0 aliphatic carbocycles. The van der Waals surface area contributed by atoms with Crippen LogP contribution in [-0.2, 0) is 9.59 Å². The summed E-state index contributed by atoms with van der Waals surface area (Å²) in [4.78, 5) is 45.9. The first kappa shape index (κ1) is 28.8. The minimum absolute atomic E-state index is 0.154. The molecule has 11 heteroatoms. The lowest BCUT2D eigenvalue weighted by atomic mass is 10.2. The van der Waals surface area contributed by atoms with E-state index in [1.165, 1.54) is 34.4 Å². The average molecular weight is 536 g/mol. The molecule has 0 saturated carbocycles. The number of aromatic nitrogens is 1. The summed E-state index contributed by atoms with van der Waals surface area (Å²) in [6, 6.07) is 16.9. The van der Waals surface area contributed by atoms with Gasteiger partial charge in [0, 0.05) is 25.0 Å². The van der Waals surface area contributed by atoms with Crippen LogP contribution in [0.2, 0.25) is 0 Å². The molecule has 10 nitrogen and oxygen atoms in total. The number of benzene rings is 2. The summed E-state index contributed by atoms with van der Waals surface area (Å²) in [5, 5.41) is 11.8. The summed E-state index contributed by atoms with van der Waals surface area (Å²) in [5.74, 6) is -1.93. The SMILES string of the molecule is CCN1C(=O)N(CCC(=O)O)C(=O)CN=C1Nc1ccc(Oc2ncccc2F)cc1.Cc1ccc(C)cc1. The minimum atomic E-state index is -1.11. The van der Waals surface area contributed by atoms with Crippen molar-refractivity contribution in [2.75, 3.05) is 25.0 Å². The lowest BCUT2D eigenvalue weighted by molar-refractivity contribution is -0.137. The Hall–Kier alpha value is -4.80. The number of imide groups is 1. The van der Waals surface area contributed by atoms with E-state index < -0.39 is 23.7 Å². The predicted octanol–water partition coefficient (Wildman–Crippen LogP) is 4.84. The van der Waals surface area contributed by atoms with Crippen LogP contribution >= 0.6 is 0 Å². The van der Waals surface area contributed by atoms with Crippen molar-refractivity contribution in [1.82, 2.24) is 14.8 Å². The molecule has 1 aromatic heterocycles.